The van der Waals surface area contributed by atoms with E-state index >= 15 is 0 Å². The summed E-state index contributed by atoms with van der Waals surface area (Å²) in [5, 5.41) is 11.7. The molecule has 0 bridgehead atoms. The molecule has 6 heteroatoms. The van der Waals surface area contributed by atoms with Gasteiger partial charge >= 0.3 is 0 Å². The number of hydrogen-bond donors (Lipinski definition) is 0. The van der Waals surface area contributed by atoms with Crippen molar-refractivity contribution in [3.8, 4) is 34.0 Å². The maximum atomic E-state index is 6.69. The van der Waals surface area contributed by atoms with Crippen molar-refractivity contribution in [2.45, 2.75) is 0 Å². The van der Waals surface area contributed by atoms with Gasteiger partial charge in [-0.2, -0.15) is 4.98 Å². The second kappa shape index (κ2) is 12.7. The lowest BCUT2D eigenvalue weighted by Crippen LogP contribution is -2.02. The number of thiophene rings is 1. The van der Waals surface area contributed by atoms with Crippen LogP contribution >= 0.6 is 11.3 Å². The summed E-state index contributed by atoms with van der Waals surface area (Å²) in [5.41, 5.74) is 10.1. The van der Waals surface area contributed by atoms with Gasteiger partial charge in [-0.3, -0.25) is 4.57 Å². The quantitative estimate of drug-likeness (QED) is 0.178. The number of hydrogen-bond acceptors (Lipinski definition) is 4. The molecule has 0 aliphatic rings. The predicted octanol–water partition coefficient (Wildman–Crippen LogP) is 15.4. The van der Waals surface area contributed by atoms with Crippen LogP contribution in [0.3, 0.4) is 0 Å². The Morgan fingerprint density at radius 3 is 1.92 bits per heavy atom. The molecule has 0 N–H and O–H groups in total. The van der Waals surface area contributed by atoms with E-state index in [9.17, 15) is 0 Å². The van der Waals surface area contributed by atoms with Gasteiger partial charge in [-0.1, -0.05) is 152 Å². The van der Waals surface area contributed by atoms with Crippen LogP contribution in [-0.4, -0.2) is 19.1 Å². The summed E-state index contributed by atoms with van der Waals surface area (Å²) in [6.45, 7) is 0. The van der Waals surface area contributed by atoms with Crippen LogP contribution in [-0.2, 0) is 0 Å². The minimum atomic E-state index is 0.556. The average molecular weight is 809 g/mol. The van der Waals surface area contributed by atoms with Crippen LogP contribution in [0, 0.1) is 0 Å². The Labute approximate surface area is 358 Å². The van der Waals surface area contributed by atoms with Crippen LogP contribution in [0.2, 0.25) is 0 Å². The zero-order chi connectivity index (χ0) is 40.5. The third kappa shape index (κ3) is 4.67. The van der Waals surface area contributed by atoms with Crippen molar-refractivity contribution in [2.75, 3.05) is 0 Å². The lowest BCUT2D eigenvalue weighted by molar-refractivity contribution is 0.653. The van der Waals surface area contributed by atoms with Gasteiger partial charge in [0.2, 0.25) is 5.71 Å². The zero-order valence-corrected chi connectivity index (χ0v) is 33.9. The van der Waals surface area contributed by atoms with Gasteiger partial charge in [-0.15, -0.1) is 11.3 Å². The molecule has 5 heterocycles. The summed E-state index contributed by atoms with van der Waals surface area (Å²) in [4.78, 5) is 10.9. The smallest absolute Gasteiger partial charge is 0.233 e. The summed E-state index contributed by atoms with van der Waals surface area (Å²) in [6.07, 6.45) is 0. The third-order valence-corrected chi connectivity index (χ3v) is 13.9. The Hall–Kier alpha value is -8.06. The van der Waals surface area contributed by atoms with E-state index in [1.165, 1.54) is 63.6 Å². The normalized spacial score (nSPS) is 12.2. The van der Waals surface area contributed by atoms with Gasteiger partial charge in [0, 0.05) is 63.7 Å². The summed E-state index contributed by atoms with van der Waals surface area (Å²) in [6, 6.07) is 69.3. The fourth-order valence-corrected chi connectivity index (χ4v) is 11.4. The van der Waals surface area contributed by atoms with E-state index in [2.05, 4.69) is 191 Å². The molecule has 14 aromatic rings. The van der Waals surface area contributed by atoms with E-state index in [-0.39, 0.29) is 0 Å². The van der Waals surface area contributed by atoms with Crippen LogP contribution in [0.5, 0.6) is 0 Å². The molecule has 9 aromatic carbocycles. The number of fused-ring (bicyclic) bond motifs is 16. The highest BCUT2D eigenvalue weighted by Crippen LogP contribution is 2.49. The Balaban J connectivity index is 1.09. The van der Waals surface area contributed by atoms with Crippen LogP contribution in [0.15, 0.2) is 199 Å². The van der Waals surface area contributed by atoms with Gasteiger partial charge in [0.05, 0.1) is 27.5 Å². The third-order valence-electron chi connectivity index (χ3n) is 12.7. The van der Waals surface area contributed by atoms with Crippen molar-refractivity contribution in [3.05, 3.63) is 194 Å². The van der Waals surface area contributed by atoms with Crippen LogP contribution in [0.4, 0.5) is 0 Å². The van der Waals surface area contributed by atoms with E-state index in [0.717, 1.165) is 55.5 Å². The Morgan fingerprint density at radius 2 is 1.06 bits per heavy atom. The molecule has 0 unspecified atom stereocenters. The lowest BCUT2D eigenvalue weighted by Gasteiger charge is -2.13. The standard InChI is InChI=1S/C56H32N4OS/c1-2-15-33(16-3-1)34-17-14-18-36(31-34)59-44-25-10-6-19-37(44)38-30-29-35(32-46(38)59)54-57-55(51-42-23-8-12-27-47(42)61-56(51)58-54)60-45-26-11-7-22-41(45)50-52(60)40-21-5-4-20-39(40)49-43-24-9-13-28-48(43)62-53(49)50/h1-32H. The Morgan fingerprint density at radius 1 is 0.403 bits per heavy atom. The van der Waals surface area contributed by atoms with Gasteiger partial charge in [-0.05, 0) is 59.0 Å². The van der Waals surface area contributed by atoms with Crippen molar-refractivity contribution >= 4 is 108 Å². The summed E-state index contributed by atoms with van der Waals surface area (Å²) >= 11 is 1.87. The molecular formula is C56H32N4OS. The van der Waals surface area contributed by atoms with E-state index < -0.39 is 0 Å². The highest BCUT2D eigenvalue weighted by atomic mass is 32.1. The number of para-hydroxylation sites is 3. The second-order valence-electron chi connectivity index (χ2n) is 16.1. The van der Waals surface area contributed by atoms with Crippen molar-refractivity contribution in [1.82, 2.24) is 19.1 Å². The first-order valence-electron chi connectivity index (χ1n) is 20.9. The van der Waals surface area contributed by atoms with Gasteiger partial charge < -0.3 is 8.98 Å². The number of furan rings is 1. The topological polar surface area (TPSA) is 48.8 Å². The molecule has 0 fully saturated rings. The number of benzene rings is 9. The molecule has 0 aliphatic heterocycles. The molecule has 62 heavy (non-hydrogen) atoms. The molecular weight excluding hydrogens is 777 g/mol. The summed E-state index contributed by atoms with van der Waals surface area (Å²) in [7, 11) is 0. The Bertz CT molecular complexity index is 4170. The molecule has 0 saturated heterocycles. The SMILES string of the molecule is c1ccc(-c2cccc(-n3c4ccccc4c4ccc(-c5nc(-n6c7ccccc7c7c8sc9ccccc9c8c8ccccc8c76)c6c(n5)oc5ccccc56)cc43)c2)cc1. The van der Waals surface area contributed by atoms with E-state index in [1.54, 1.807) is 0 Å². The molecule has 0 aliphatic carbocycles. The van der Waals surface area contributed by atoms with Crippen LogP contribution in [0.25, 0.3) is 131 Å². The van der Waals surface area contributed by atoms with Crippen molar-refractivity contribution in [3.63, 3.8) is 0 Å². The fraction of sp³-hybridized carbons (Fsp3) is 0. The highest BCUT2D eigenvalue weighted by molar-refractivity contribution is 7.27. The van der Waals surface area contributed by atoms with Crippen LogP contribution in [0.1, 0.15) is 0 Å². The van der Waals surface area contributed by atoms with Gasteiger partial charge in [0.15, 0.2) is 11.6 Å². The number of nitrogens with zero attached hydrogens (tertiary/aromatic N) is 4. The second-order valence-corrected chi connectivity index (χ2v) is 17.1. The molecule has 5 nitrogen and oxygen atoms in total. The minimum Gasteiger partial charge on any atom is -0.437 e. The predicted molar refractivity (Wildman–Crippen MR) is 259 cm³/mol. The lowest BCUT2D eigenvalue weighted by atomic mass is 10.00. The summed E-state index contributed by atoms with van der Waals surface area (Å²) < 4.78 is 14.0. The van der Waals surface area contributed by atoms with Gasteiger partial charge in [-0.25, -0.2) is 4.98 Å². The van der Waals surface area contributed by atoms with E-state index in [4.69, 9.17) is 14.4 Å². The van der Waals surface area contributed by atoms with Crippen LogP contribution < -0.4 is 0 Å². The van der Waals surface area contributed by atoms with E-state index in [0.29, 0.717) is 11.5 Å². The highest BCUT2D eigenvalue weighted by Gasteiger charge is 2.26. The summed E-state index contributed by atoms with van der Waals surface area (Å²) in [5.74, 6) is 1.39. The minimum absolute atomic E-state index is 0.556. The molecule has 0 atom stereocenters. The monoisotopic (exact) mass is 808 g/mol. The molecule has 288 valence electrons. The largest absolute Gasteiger partial charge is 0.437 e. The number of rotatable bonds is 4. The van der Waals surface area contributed by atoms with Crippen molar-refractivity contribution in [2.24, 2.45) is 0 Å². The zero-order valence-electron chi connectivity index (χ0n) is 33.1. The van der Waals surface area contributed by atoms with Crippen molar-refractivity contribution in [1.29, 1.82) is 0 Å². The molecule has 0 saturated carbocycles. The van der Waals surface area contributed by atoms with E-state index in [1.807, 2.05) is 23.5 Å². The maximum absolute atomic E-state index is 6.69. The molecule has 0 spiro atoms. The molecule has 14 rings (SSSR count). The first-order chi connectivity index (χ1) is 30.8. The Kier molecular flexibility index (Phi) is 6.92. The van der Waals surface area contributed by atoms with Gasteiger partial charge in [0.25, 0.3) is 0 Å². The average Bonchev–Trinajstić information content (AvgIpc) is 4.09. The van der Waals surface area contributed by atoms with Gasteiger partial charge in [0.1, 0.15) is 5.58 Å². The number of aromatic nitrogens is 4. The first-order valence-corrected chi connectivity index (χ1v) is 21.7. The molecule has 5 aromatic heterocycles. The molecule has 0 amide bonds. The fourth-order valence-electron chi connectivity index (χ4n) is 10.1. The van der Waals surface area contributed by atoms with Crippen molar-refractivity contribution < 1.29 is 4.42 Å². The maximum Gasteiger partial charge on any atom is 0.233 e. The first kappa shape index (κ1) is 33.7. The molecule has 0 radical (unpaired) electrons.